The van der Waals surface area contributed by atoms with E-state index >= 15 is 0 Å². The topological polar surface area (TPSA) is 78.3 Å². The molecule has 0 saturated carbocycles. The minimum atomic E-state index is -0.731. The van der Waals surface area contributed by atoms with Gasteiger partial charge in [0.15, 0.2) is 0 Å². The number of benzene rings is 1. The number of carboxylic acid groups (broad SMARTS) is 1. The van der Waals surface area contributed by atoms with Crippen LogP contribution in [0.4, 0.5) is 21.8 Å². The van der Waals surface area contributed by atoms with E-state index in [-0.39, 0.29) is 11.7 Å². The Morgan fingerprint density at radius 3 is 2.57 bits per heavy atom. The van der Waals surface area contributed by atoms with Crippen molar-refractivity contribution in [2.24, 2.45) is 5.92 Å². The van der Waals surface area contributed by atoms with Gasteiger partial charge in [0.2, 0.25) is 5.95 Å². The van der Waals surface area contributed by atoms with Crippen molar-refractivity contribution in [3.63, 3.8) is 0 Å². The highest BCUT2D eigenvalue weighted by atomic mass is 19.1. The largest absolute Gasteiger partial charge is 0.481 e. The summed E-state index contributed by atoms with van der Waals surface area (Å²) in [6, 6.07) is 7.76. The van der Waals surface area contributed by atoms with Crippen molar-refractivity contribution in [3.05, 3.63) is 42.3 Å². The van der Waals surface area contributed by atoms with Crippen LogP contribution < -0.4 is 10.2 Å². The molecule has 0 unspecified atom stereocenters. The van der Waals surface area contributed by atoms with Crippen LogP contribution in [0.15, 0.2) is 36.5 Å². The van der Waals surface area contributed by atoms with E-state index in [1.54, 1.807) is 24.4 Å². The molecule has 2 aromatic rings. The SMILES string of the molecule is O=C(O)C1CCN(c2ccnc(Nc3ccc(F)cc3)n2)CC1. The molecule has 2 N–H and O–H groups in total. The van der Waals surface area contributed by atoms with Crippen molar-refractivity contribution in [2.45, 2.75) is 12.8 Å². The Morgan fingerprint density at radius 1 is 1.22 bits per heavy atom. The zero-order valence-corrected chi connectivity index (χ0v) is 12.4. The van der Waals surface area contributed by atoms with Crippen LogP contribution in [0, 0.1) is 11.7 Å². The van der Waals surface area contributed by atoms with E-state index in [9.17, 15) is 9.18 Å². The van der Waals surface area contributed by atoms with Crippen LogP contribution in [0.1, 0.15) is 12.8 Å². The van der Waals surface area contributed by atoms with Gasteiger partial charge < -0.3 is 15.3 Å². The van der Waals surface area contributed by atoms with E-state index < -0.39 is 5.97 Å². The summed E-state index contributed by atoms with van der Waals surface area (Å²) in [4.78, 5) is 21.7. The number of piperidine rings is 1. The molecule has 1 aromatic heterocycles. The van der Waals surface area contributed by atoms with Gasteiger partial charge in [-0.25, -0.2) is 9.37 Å². The first-order valence-electron chi connectivity index (χ1n) is 7.45. The molecule has 1 aliphatic heterocycles. The summed E-state index contributed by atoms with van der Waals surface area (Å²) < 4.78 is 12.9. The van der Waals surface area contributed by atoms with Crippen LogP contribution in [0.2, 0.25) is 0 Å². The first kappa shape index (κ1) is 15.2. The summed E-state index contributed by atoms with van der Waals surface area (Å²) in [5.74, 6) is -0.120. The molecular formula is C16H17FN4O2. The van der Waals surface area contributed by atoms with Crippen LogP contribution in [-0.2, 0) is 4.79 Å². The van der Waals surface area contributed by atoms with E-state index in [1.807, 2.05) is 0 Å². The lowest BCUT2D eigenvalue weighted by molar-refractivity contribution is -0.142. The average molecular weight is 316 g/mol. The number of carboxylic acids is 1. The summed E-state index contributed by atoms with van der Waals surface area (Å²) in [5, 5.41) is 12.1. The van der Waals surface area contributed by atoms with Gasteiger partial charge in [0, 0.05) is 25.0 Å². The minimum Gasteiger partial charge on any atom is -0.481 e. The highest BCUT2D eigenvalue weighted by Crippen LogP contribution is 2.23. The van der Waals surface area contributed by atoms with Crippen molar-refractivity contribution >= 4 is 23.4 Å². The van der Waals surface area contributed by atoms with Gasteiger partial charge in [0.1, 0.15) is 11.6 Å². The molecule has 0 amide bonds. The third-order valence-electron chi connectivity index (χ3n) is 3.91. The molecule has 3 rings (SSSR count). The number of aliphatic carboxylic acids is 1. The fraction of sp³-hybridized carbons (Fsp3) is 0.312. The normalized spacial score (nSPS) is 15.4. The van der Waals surface area contributed by atoms with Crippen LogP contribution >= 0.6 is 0 Å². The van der Waals surface area contributed by atoms with Gasteiger partial charge in [-0.3, -0.25) is 4.79 Å². The van der Waals surface area contributed by atoms with Gasteiger partial charge in [0.25, 0.3) is 0 Å². The molecular weight excluding hydrogens is 299 g/mol. The molecule has 6 nitrogen and oxygen atoms in total. The van der Waals surface area contributed by atoms with Gasteiger partial charge in [-0.05, 0) is 43.2 Å². The monoisotopic (exact) mass is 316 g/mol. The van der Waals surface area contributed by atoms with Crippen LogP contribution in [0.5, 0.6) is 0 Å². The molecule has 1 aromatic carbocycles. The molecule has 1 saturated heterocycles. The van der Waals surface area contributed by atoms with E-state index in [4.69, 9.17) is 5.11 Å². The number of nitrogens with zero attached hydrogens (tertiary/aromatic N) is 3. The number of anilines is 3. The predicted octanol–water partition coefficient (Wildman–Crippen LogP) is 2.66. The van der Waals surface area contributed by atoms with Crippen molar-refractivity contribution in [1.82, 2.24) is 9.97 Å². The maximum atomic E-state index is 12.9. The van der Waals surface area contributed by atoms with Gasteiger partial charge in [-0.2, -0.15) is 4.98 Å². The Balaban J connectivity index is 1.68. The molecule has 0 aliphatic carbocycles. The summed E-state index contributed by atoms with van der Waals surface area (Å²) >= 11 is 0. The lowest BCUT2D eigenvalue weighted by Crippen LogP contribution is -2.36. The smallest absolute Gasteiger partial charge is 0.306 e. The molecule has 0 spiro atoms. The summed E-state index contributed by atoms with van der Waals surface area (Å²) in [6.45, 7) is 1.31. The Hall–Kier alpha value is -2.70. The number of rotatable bonds is 4. The Kier molecular flexibility index (Phi) is 4.36. The van der Waals surface area contributed by atoms with Crippen LogP contribution in [-0.4, -0.2) is 34.1 Å². The van der Waals surface area contributed by atoms with E-state index in [2.05, 4.69) is 20.2 Å². The summed E-state index contributed by atoms with van der Waals surface area (Å²) in [7, 11) is 0. The lowest BCUT2D eigenvalue weighted by Gasteiger charge is -2.31. The van der Waals surface area contributed by atoms with Gasteiger partial charge in [-0.15, -0.1) is 0 Å². The second-order valence-electron chi connectivity index (χ2n) is 5.47. The first-order valence-corrected chi connectivity index (χ1v) is 7.45. The molecule has 0 bridgehead atoms. The quantitative estimate of drug-likeness (QED) is 0.903. The number of carbonyl (C=O) groups is 1. The van der Waals surface area contributed by atoms with Crippen molar-refractivity contribution < 1.29 is 14.3 Å². The fourth-order valence-electron chi connectivity index (χ4n) is 2.60. The standard InChI is InChI=1S/C16H17FN4O2/c17-12-1-3-13(4-2-12)19-16-18-8-5-14(20-16)21-9-6-11(7-10-21)15(22)23/h1-5,8,11H,6-7,9-10H2,(H,22,23)(H,18,19,20). The van der Waals surface area contributed by atoms with Crippen molar-refractivity contribution in [1.29, 1.82) is 0 Å². The third kappa shape index (κ3) is 3.74. The highest BCUT2D eigenvalue weighted by molar-refractivity contribution is 5.70. The summed E-state index contributed by atoms with van der Waals surface area (Å²) in [6.07, 6.45) is 2.87. The number of hydrogen-bond acceptors (Lipinski definition) is 5. The van der Waals surface area contributed by atoms with Gasteiger partial charge >= 0.3 is 5.97 Å². The number of halogens is 1. The van der Waals surface area contributed by atoms with Crippen LogP contribution in [0.3, 0.4) is 0 Å². The van der Waals surface area contributed by atoms with Crippen molar-refractivity contribution in [3.8, 4) is 0 Å². The van der Waals surface area contributed by atoms with Crippen molar-refractivity contribution in [2.75, 3.05) is 23.3 Å². The molecule has 23 heavy (non-hydrogen) atoms. The third-order valence-corrected chi connectivity index (χ3v) is 3.91. The number of aromatic nitrogens is 2. The zero-order valence-electron chi connectivity index (χ0n) is 12.4. The summed E-state index contributed by atoms with van der Waals surface area (Å²) in [5.41, 5.74) is 0.702. The predicted molar refractivity (Wildman–Crippen MR) is 84.3 cm³/mol. The highest BCUT2D eigenvalue weighted by Gasteiger charge is 2.25. The van der Waals surface area contributed by atoms with Gasteiger partial charge in [0.05, 0.1) is 5.92 Å². The molecule has 2 heterocycles. The Morgan fingerprint density at radius 2 is 1.91 bits per heavy atom. The number of hydrogen-bond donors (Lipinski definition) is 2. The zero-order chi connectivity index (χ0) is 16.2. The molecule has 120 valence electrons. The van der Waals surface area contributed by atoms with E-state index in [1.165, 1.54) is 12.1 Å². The maximum Gasteiger partial charge on any atom is 0.306 e. The second-order valence-corrected chi connectivity index (χ2v) is 5.47. The van der Waals surface area contributed by atoms with Crippen LogP contribution in [0.25, 0.3) is 0 Å². The lowest BCUT2D eigenvalue weighted by atomic mass is 9.97. The molecule has 1 aliphatic rings. The molecule has 0 radical (unpaired) electrons. The Labute approximate surface area is 133 Å². The number of nitrogens with one attached hydrogen (secondary N) is 1. The van der Waals surface area contributed by atoms with E-state index in [0.29, 0.717) is 37.6 Å². The van der Waals surface area contributed by atoms with E-state index in [0.717, 1.165) is 5.82 Å². The second kappa shape index (κ2) is 6.60. The minimum absolute atomic E-state index is 0.273. The fourth-order valence-corrected chi connectivity index (χ4v) is 2.60. The molecule has 1 fully saturated rings. The molecule has 7 heteroatoms. The Bertz CT molecular complexity index is 685. The molecule has 0 atom stereocenters. The van der Waals surface area contributed by atoms with Gasteiger partial charge in [-0.1, -0.05) is 0 Å². The first-order chi connectivity index (χ1) is 11.1. The average Bonchev–Trinajstić information content (AvgIpc) is 2.57. The maximum absolute atomic E-state index is 12.9.